The molecule has 1 N–H and O–H groups in total. The Morgan fingerprint density at radius 2 is 2.24 bits per heavy atom. The van der Waals surface area contributed by atoms with Crippen LogP contribution in [-0.4, -0.2) is 42.1 Å². The number of hydrogen-bond acceptors (Lipinski definition) is 6. The minimum Gasteiger partial charge on any atom is -0.379 e. The smallest absolute Gasteiger partial charge is 0.267 e. The number of ether oxygens (including phenoxy) is 1. The van der Waals surface area contributed by atoms with Crippen molar-refractivity contribution in [2.45, 2.75) is 6.54 Å². The third kappa shape index (κ3) is 4.02. The van der Waals surface area contributed by atoms with E-state index < -0.39 is 0 Å². The third-order valence-electron chi connectivity index (χ3n) is 3.06. The van der Waals surface area contributed by atoms with Gasteiger partial charge in [-0.2, -0.15) is 0 Å². The molecule has 112 valence electrons. The number of rotatable bonds is 4. The summed E-state index contributed by atoms with van der Waals surface area (Å²) in [7, 11) is 0. The van der Waals surface area contributed by atoms with E-state index >= 15 is 0 Å². The number of nitrogens with one attached hydrogen (secondary N) is 1. The summed E-state index contributed by atoms with van der Waals surface area (Å²) in [5, 5.41) is 5.40. The minimum atomic E-state index is -0.167. The fraction of sp³-hybridized carbons (Fsp3) is 0.385. The number of aromatic nitrogens is 1. The van der Waals surface area contributed by atoms with Gasteiger partial charge in [0.15, 0.2) is 5.13 Å². The van der Waals surface area contributed by atoms with Crippen LogP contribution >= 0.6 is 34.3 Å². The lowest BCUT2D eigenvalue weighted by atomic mass is 10.4. The van der Waals surface area contributed by atoms with E-state index in [1.807, 2.05) is 5.38 Å². The van der Waals surface area contributed by atoms with Crippen molar-refractivity contribution < 1.29 is 9.53 Å². The third-order valence-corrected chi connectivity index (χ3v) is 5.09. The second-order valence-electron chi connectivity index (χ2n) is 4.59. The van der Waals surface area contributed by atoms with Gasteiger partial charge in [-0.25, -0.2) is 4.98 Å². The lowest BCUT2D eigenvalue weighted by molar-refractivity contribution is 0.0337. The van der Waals surface area contributed by atoms with Gasteiger partial charge in [-0.3, -0.25) is 15.0 Å². The molecule has 0 radical (unpaired) electrons. The first-order valence-electron chi connectivity index (χ1n) is 6.52. The number of halogens is 1. The normalized spacial score (nSPS) is 16.0. The minimum absolute atomic E-state index is 0.167. The zero-order chi connectivity index (χ0) is 14.7. The van der Waals surface area contributed by atoms with Gasteiger partial charge >= 0.3 is 0 Å². The lowest BCUT2D eigenvalue weighted by Crippen LogP contribution is -2.35. The second-order valence-corrected chi connectivity index (χ2v) is 7.16. The Bertz CT molecular complexity index is 622. The van der Waals surface area contributed by atoms with Crippen LogP contribution < -0.4 is 5.32 Å². The average Bonchev–Trinajstić information content (AvgIpc) is 3.09. The van der Waals surface area contributed by atoms with Crippen LogP contribution in [0, 0.1) is 0 Å². The maximum Gasteiger partial charge on any atom is 0.267 e. The maximum absolute atomic E-state index is 12.0. The number of thiophene rings is 1. The van der Waals surface area contributed by atoms with Crippen LogP contribution in [-0.2, 0) is 11.3 Å². The molecule has 5 nitrogen and oxygen atoms in total. The molecule has 1 fully saturated rings. The van der Waals surface area contributed by atoms with Gasteiger partial charge in [0.05, 0.1) is 28.1 Å². The van der Waals surface area contributed by atoms with Gasteiger partial charge in [-0.1, -0.05) is 11.6 Å². The molecule has 0 aliphatic carbocycles. The summed E-state index contributed by atoms with van der Waals surface area (Å²) >= 11 is 8.53. The maximum atomic E-state index is 12.0. The zero-order valence-electron chi connectivity index (χ0n) is 11.2. The Balaban J connectivity index is 1.58. The number of carbonyl (C=O) groups excluding carboxylic acids is 1. The molecule has 1 aliphatic heterocycles. The quantitative estimate of drug-likeness (QED) is 0.927. The Kier molecular flexibility index (Phi) is 4.87. The van der Waals surface area contributed by atoms with E-state index in [1.54, 1.807) is 12.1 Å². The van der Waals surface area contributed by atoms with Crippen LogP contribution in [0.2, 0.25) is 4.34 Å². The highest BCUT2D eigenvalue weighted by molar-refractivity contribution is 7.18. The number of hydrogen-bond donors (Lipinski definition) is 1. The van der Waals surface area contributed by atoms with Gasteiger partial charge < -0.3 is 4.74 Å². The number of anilines is 1. The molecular formula is C13H14ClN3O2S2. The molecule has 0 atom stereocenters. The highest BCUT2D eigenvalue weighted by atomic mass is 35.5. The van der Waals surface area contributed by atoms with Crippen molar-refractivity contribution in [3.8, 4) is 0 Å². The van der Waals surface area contributed by atoms with Gasteiger partial charge in [0.1, 0.15) is 0 Å². The molecule has 1 saturated heterocycles. The van der Waals surface area contributed by atoms with Crippen LogP contribution in [0.1, 0.15) is 15.4 Å². The number of thiazole rings is 1. The molecule has 8 heteroatoms. The van der Waals surface area contributed by atoms with E-state index in [9.17, 15) is 4.79 Å². The molecule has 1 aliphatic rings. The van der Waals surface area contributed by atoms with Crippen LogP contribution in [0.4, 0.5) is 5.13 Å². The number of carbonyl (C=O) groups is 1. The van der Waals surface area contributed by atoms with Gasteiger partial charge in [0, 0.05) is 25.0 Å². The second kappa shape index (κ2) is 6.85. The van der Waals surface area contributed by atoms with Gasteiger partial charge in [-0.15, -0.1) is 22.7 Å². The molecule has 0 aromatic carbocycles. The van der Waals surface area contributed by atoms with E-state index in [0.29, 0.717) is 14.3 Å². The fourth-order valence-corrected chi connectivity index (χ4v) is 3.66. The Morgan fingerprint density at radius 3 is 2.95 bits per heavy atom. The van der Waals surface area contributed by atoms with Crippen molar-refractivity contribution in [3.05, 3.63) is 32.4 Å². The van der Waals surface area contributed by atoms with Crippen LogP contribution in [0.3, 0.4) is 0 Å². The number of morpholine rings is 1. The summed E-state index contributed by atoms with van der Waals surface area (Å²) in [4.78, 5) is 19.3. The van der Waals surface area contributed by atoms with Crippen molar-refractivity contribution in [2.24, 2.45) is 0 Å². The summed E-state index contributed by atoms with van der Waals surface area (Å²) in [6.45, 7) is 4.18. The zero-order valence-corrected chi connectivity index (χ0v) is 13.6. The molecule has 0 saturated carbocycles. The monoisotopic (exact) mass is 343 g/mol. The first-order chi connectivity index (χ1) is 10.2. The predicted octanol–water partition coefficient (Wildman–Crippen LogP) is 2.94. The van der Waals surface area contributed by atoms with Gasteiger partial charge in [0.2, 0.25) is 0 Å². The highest BCUT2D eigenvalue weighted by Gasteiger charge is 2.14. The number of nitrogens with zero attached hydrogens (tertiary/aromatic N) is 2. The lowest BCUT2D eigenvalue weighted by Gasteiger charge is -2.25. The summed E-state index contributed by atoms with van der Waals surface area (Å²) < 4.78 is 5.92. The standard InChI is InChI=1S/C13H14ClN3O2S2/c14-11-2-1-10(21-11)12(18)16-13-15-9(8-20-13)7-17-3-5-19-6-4-17/h1-2,8H,3-7H2,(H,15,16,18). The van der Waals surface area contributed by atoms with E-state index in [-0.39, 0.29) is 5.91 Å². The number of amides is 1. The van der Waals surface area contributed by atoms with Gasteiger partial charge in [-0.05, 0) is 12.1 Å². The van der Waals surface area contributed by atoms with Crippen molar-refractivity contribution in [1.82, 2.24) is 9.88 Å². The van der Waals surface area contributed by atoms with Crippen LogP contribution in [0.25, 0.3) is 0 Å². The summed E-state index contributed by atoms with van der Waals surface area (Å²) in [6.07, 6.45) is 0. The van der Waals surface area contributed by atoms with Crippen molar-refractivity contribution in [3.63, 3.8) is 0 Å². The van der Waals surface area contributed by atoms with Crippen molar-refractivity contribution in [2.75, 3.05) is 31.6 Å². The van der Waals surface area contributed by atoms with E-state index in [0.717, 1.165) is 38.5 Å². The topological polar surface area (TPSA) is 54.5 Å². The molecule has 21 heavy (non-hydrogen) atoms. The van der Waals surface area contributed by atoms with Crippen molar-refractivity contribution >= 4 is 45.3 Å². The first-order valence-corrected chi connectivity index (χ1v) is 8.59. The van der Waals surface area contributed by atoms with E-state index in [4.69, 9.17) is 16.3 Å². The Labute approximate surface area is 135 Å². The summed E-state index contributed by atoms with van der Waals surface area (Å²) in [5.74, 6) is -0.167. The molecule has 2 aromatic rings. The molecule has 2 aromatic heterocycles. The predicted molar refractivity (Wildman–Crippen MR) is 85.5 cm³/mol. The van der Waals surface area contributed by atoms with Gasteiger partial charge in [0.25, 0.3) is 5.91 Å². The van der Waals surface area contributed by atoms with E-state index in [2.05, 4.69) is 15.2 Å². The molecule has 3 rings (SSSR count). The SMILES string of the molecule is O=C(Nc1nc(CN2CCOCC2)cs1)c1ccc(Cl)s1. The summed E-state index contributed by atoms with van der Waals surface area (Å²) in [6, 6.07) is 3.43. The molecule has 3 heterocycles. The summed E-state index contributed by atoms with van der Waals surface area (Å²) in [5.41, 5.74) is 0.974. The van der Waals surface area contributed by atoms with E-state index in [1.165, 1.54) is 22.7 Å². The molecule has 0 unspecified atom stereocenters. The molecule has 0 spiro atoms. The molecular weight excluding hydrogens is 330 g/mol. The molecule has 1 amide bonds. The van der Waals surface area contributed by atoms with Crippen molar-refractivity contribution in [1.29, 1.82) is 0 Å². The van der Waals surface area contributed by atoms with Crippen LogP contribution in [0.15, 0.2) is 17.5 Å². The Morgan fingerprint density at radius 1 is 1.43 bits per heavy atom. The molecule has 0 bridgehead atoms. The van der Waals surface area contributed by atoms with Crippen LogP contribution in [0.5, 0.6) is 0 Å². The first kappa shape index (κ1) is 14.9. The largest absolute Gasteiger partial charge is 0.379 e. The average molecular weight is 344 g/mol. The highest BCUT2D eigenvalue weighted by Crippen LogP contribution is 2.23. The Hall–Kier alpha value is -0.990. The fourth-order valence-electron chi connectivity index (χ4n) is 2.02.